The first-order valence-corrected chi connectivity index (χ1v) is 11.1. The second-order valence-electron chi connectivity index (χ2n) is 7.19. The Labute approximate surface area is 169 Å². The van der Waals surface area contributed by atoms with Gasteiger partial charge >= 0.3 is 0 Å². The lowest BCUT2D eigenvalue weighted by Gasteiger charge is -2.31. The molecule has 3 aromatic heterocycles. The van der Waals surface area contributed by atoms with E-state index < -0.39 is 10.0 Å². The Morgan fingerprint density at radius 3 is 2.76 bits per heavy atom. The van der Waals surface area contributed by atoms with Crippen LogP contribution >= 0.6 is 0 Å². The van der Waals surface area contributed by atoms with E-state index in [1.165, 1.54) is 6.20 Å². The third kappa shape index (κ3) is 3.92. The maximum absolute atomic E-state index is 13.1. The number of aryl methyl sites for hydroxylation is 1. The molecule has 10 nitrogen and oxygen atoms in total. The van der Waals surface area contributed by atoms with Crippen molar-refractivity contribution in [3.63, 3.8) is 0 Å². The van der Waals surface area contributed by atoms with Crippen LogP contribution in [0.5, 0.6) is 0 Å². The molecule has 1 fully saturated rings. The Hall–Kier alpha value is -2.66. The van der Waals surface area contributed by atoms with Gasteiger partial charge in [-0.05, 0) is 50.0 Å². The number of hydrogen-bond acceptors (Lipinski definition) is 7. The van der Waals surface area contributed by atoms with E-state index in [9.17, 15) is 8.42 Å². The van der Waals surface area contributed by atoms with Crippen molar-refractivity contribution in [3.05, 3.63) is 36.4 Å². The molecule has 0 saturated carbocycles. The summed E-state index contributed by atoms with van der Waals surface area (Å²) in [6.07, 6.45) is 6.55. The smallest absolute Gasteiger partial charge is 0.246 e. The van der Waals surface area contributed by atoms with Gasteiger partial charge in [0.25, 0.3) is 0 Å². The van der Waals surface area contributed by atoms with Gasteiger partial charge in [-0.3, -0.25) is 9.67 Å². The van der Waals surface area contributed by atoms with Crippen LogP contribution in [-0.4, -0.2) is 60.8 Å². The van der Waals surface area contributed by atoms with Gasteiger partial charge in [-0.2, -0.15) is 14.2 Å². The SMILES string of the molecule is CCn1ncc(S(=O)(=O)N2CCC[C@@H](Cn3nnc(-c4ccncc4)n3)C2)c1C. The van der Waals surface area contributed by atoms with Crippen molar-refractivity contribution in [3.8, 4) is 11.4 Å². The summed E-state index contributed by atoms with van der Waals surface area (Å²) in [5.74, 6) is 0.662. The normalized spacial score (nSPS) is 18.2. The fourth-order valence-electron chi connectivity index (χ4n) is 3.70. The number of tetrazole rings is 1. The van der Waals surface area contributed by atoms with Crippen molar-refractivity contribution >= 4 is 10.0 Å². The largest absolute Gasteiger partial charge is 0.269 e. The van der Waals surface area contributed by atoms with Gasteiger partial charge in [-0.1, -0.05) is 0 Å². The second-order valence-corrected chi connectivity index (χ2v) is 9.09. The highest BCUT2D eigenvalue weighted by Gasteiger charge is 2.33. The molecule has 4 heterocycles. The van der Waals surface area contributed by atoms with E-state index in [0.29, 0.717) is 42.6 Å². The van der Waals surface area contributed by atoms with Crippen molar-refractivity contribution in [2.24, 2.45) is 5.92 Å². The Morgan fingerprint density at radius 2 is 2.03 bits per heavy atom. The van der Waals surface area contributed by atoms with Crippen LogP contribution in [0.3, 0.4) is 0 Å². The van der Waals surface area contributed by atoms with Crippen molar-refractivity contribution < 1.29 is 8.42 Å². The number of nitrogens with zero attached hydrogens (tertiary/aromatic N) is 8. The van der Waals surface area contributed by atoms with Gasteiger partial charge in [0.05, 0.1) is 18.4 Å². The van der Waals surface area contributed by atoms with Crippen LogP contribution in [0, 0.1) is 12.8 Å². The summed E-state index contributed by atoms with van der Waals surface area (Å²) in [7, 11) is -3.57. The first kappa shape index (κ1) is 19.6. The van der Waals surface area contributed by atoms with E-state index in [0.717, 1.165) is 18.4 Å². The second kappa shape index (κ2) is 7.99. The highest BCUT2D eigenvalue weighted by Crippen LogP contribution is 2.26. The Bertz CT molecular complexity index is 1080. The van der Waals surface area contributed by atoms with Crippen molar-refractivity contribution in [2.75, 3.05) is 13.1 Å². The fourth-order valence-corrected chi connectivity index (χ4v) is 5.42. The predicted octanol–water partition coefficient (Wildman–Crippen LogP) is 1.36. The lowest BCUT2D eigenvalue weighted by molar-refractivity contribution is 0.231. The summed E-state index contributed by atoms with van der Waals surface area (Å²) in [6, 6.07) is 3.66. The number of hydrogen-bond donors (Lipinski definition) is 0. The maximum atomic E-state index is 13.1. The average Bonchev–Trinajstić information content (AvgIpc) is 3.35. The van der Waals surface area contributed by atoms with Gasteiger partial charge < -0.3 is 0 Å². The van der Waals surface area contributed by atoms with Crippen LogP contribution < -0.4 is 0 Å². The lowest BCUT2D eigenvalue weighted by Crippen LogP contribution is -2.41. The van der Waals surface area contributed by atoms with Crippen LogP contribution in [-0.2, 0) is 23.1 Å². The Balaban J connectivity index is 1.47. The molecule has 1 aliphatic heterocycles. The molecule has 0 aromatic carbocycles. The minimum Gasteiger partial charge on any atom is -0.269 e. The van der Waals surface area contributed by atoms with Crippen molar-refractivity contribution in [1.29, 1.82) is 0 Å². The zero-order chi connectivity index (χ0) is 20.4. The highest BCUT2D eigenvalue weighted by atomic mass is 32.2. The summed E-state index contributed by atoms with van der Waals surface area (Å²) in [5, 5.41) is 16.9. The Morgan fingerprint density at radius 1 is 1.24 bits per heavy atom. The molecule has 1 aliphatic rings. The number of aromatic nitrogens is 7. The third-order valence-corrected chi connectivity index (χ3v) is 7.24. The molecule has 1 atom stereocenters. The van der Waals surface area contributed by atoms with Crippen LogP contribution in [0.2, 0.25) is 0 Å². The van der Waals surface area contributed by atoms with Gasteiger partial charge in [-0.25, -0.2) is 8.42 Å². The van der Waals surface area contributed by atoms with E-state index in [4.69, 9.17) is 0 Å². The van der Waals surface area contributed by atoms with E-state index in [1.54, 1.807) is 33.1 Å². The maximum Gasteiger partial charge on any atom is 0.246 e. The van der Waals surface area contributed by atoms with Crippen LogP contribution in [0.1, 0.15) is 25.5 Å². The molecule has 0 aliphatic carbocycles. The molecule has 1 saturated heterocycles. The molecule has 0 N–H and O–H groups in total. The topological polar surface area (TPSA) is 112 Å². The summed E-state index contributed by atoms with van der Waals surface area (Å²) >= 11 is 0. The summed E-state index contributed by atoms with van der Waals surface area (Å²) < 4.78 is 29.5. The van der Waals surface area contributed by atoms with Crippen molar-refractivity contribution in [1.82, 2.24) is 39.3 Å². The van der Waals surface area contributed by atoms with Crippen molar-refractivity contribution in [2.45, 2.75) is 44.7 Å². The van der Waals surface area contributed by atoms with Gasteiger partial charge in [0.2, 0.25) is 15.8 Å². The molecular weight excluding hydrogens is 392 g/mol. The predicted molar refractivity (Wildman–Crippen MR) is 105 cm³/mol. The molecule has 3 aromatic rings. The quantitative estimate of drug-likeness (QED) is 0.596. The fraction of sp³-hybridized carbons (Fsp3) is 0.500. The highest BCUT2D eigenvalue weighted by molar-refractivity contribution is 7.89. The summed E-state index contributed by atoms with van der Waals surface area (Å²) in [6.45, 7) is 5.86. The summed E-state index contributed by atoms with van der Waals surface area (Å²) in [5.41, 5.74) is 1.53. The monoisotopic (exact) mass is 416 g/mol. The summed E-state index contributed by atoms with van der Waals surface area (Å²) in [4.78, 5) is 5.83. The first-order valence-electron chi connectivity index (χ1n) is 9.69. The molecule has 0 amide bonds. The van der Waals surface area contributed by atoms with E-state index >= 15 is 0 Å². The first-order chi connectivity index (χ1) is 14.0. The van der Waals surface area contributed by atoms with E-state index in [2.05, 4.69) is 25.5 Å². The molecule has 0 bridgehead atoms. The number of pyridine rings is 1. The molecule has 29 heavy (non-hydrogen) atoms. The molecule has 154 valence electrons. The molecule has 11 heteroatoms. The average molecular weight is 417 g/mol. The lowest BCUT2D eigenvalue weighted by atomic mass is 10.00. The minimum absolute atomic E-state index is 0.125. The molecular formula is C18H24N8O2S. The minimum atomic E-state index is -3.57. The molecule has 4 rings (SSSR count). The molecule has 0 spiro atoms. The van der Waals surface area contributed by atoms with Crippen LogP contribution in [0.15, 0.2) is 35.6 Å². The van der Waals surface area contributed by atoms with Crippen LogP contribution in [0.4, 0.5) is 0 Å². The zero-order valence-electron chi connectivity index (χ0n) is 16.5. The van der Waals surface area contributed by atoms with Gasteiger partial charge in [0, 0.05) is 37.6 Å². The van der Waals surface area contributed by atoms with Crippen LogP contribution in [0.25, 0.3) is 11.4 Å². The molecule has 0 unspecified atom stereocenters. The van der Waals surface area contributed by atoms with Gasteiger partial charge in [-0.15, -0.1) is 10.2 Å². The number of rotatable bonds is 6. The van der Waals surface area contributed by atoms with E-state index in [1.807, 2.05) is 19.1 Å². The van der Waals surface area contributed by atoms with E-state index in [-0.39, 0.29) is 5.92 Å². The molecule has 0 radical (unpaired) electrons. The third-order valence-electron chi connectivity index (χ3n) is 5.27. The number of piperidine rings is 1. The van der Waals surface area contributed by atoms with Gasteiger partial charge in [0.15, 0.2) is 0 Å². The Kier molecular flexibility index (Phi) is 5.41. The zero-order valence-corrected chi connectivity index (χ0v) is 17.3. The number of sulfonamides is 1. The standard InChI is InChI=1S/C18H24N8O2S/c1-3-25-14(2)17(11-20-25)29(27,28)24-10-4-5-15(12-24)13-26-22-18(21-23-26)16-6-8-19-9-7-16/h6-9,11,15H,3-5,10,12-13H2,1-2H3/t15-/m1/s1. The van der Waals surface area contributed by atoms with Gasteiger partial charge in [0.1, 0.15) is 4.90 Å².